The summed E-state index contributed by atoms with van der Waals surface area (Å²) in [5, 5.41) is 3.07. The molecule has 0 radical (unpaired) electrons. The third kappa shape index (κ3) is 3.24. The van der Waals surface area contributed by atoms with Crippen molar-refractivity contribution >= 4 is 40.7 Å². The molecule has 1 saturated heterocycles. The lowest BCUT2D eigenvalue weighted by Gasteiger charge is -2.34. The molecular formula is C14H17Cl2N3O2. The first kappa shape index (κ1) is 15.9. The highest BCUT2D eigenvalue weighted by Gasteiger charge is 2.32. The van der Waals surface area contributed by atoms with Crippen LogP contribution in [0.4, 0.5) is 5.69 Å². The first-order valence-electron chi connectivity index (χ1n) is 6.72. The van der Waals surface area contributed by atoms with Crippen molar-refractivity contribution in [3.63, 3.8) is 0 Å². The maximum absolute atomic E-state index is 12.6. The molecule has 7 heteroatoms. The number of anilines is 1. The summed E-state index contributed by atoms with van der Waals surface area (Å²) in [4.78, 5) is 26.1. The lowest BCUT2D eigenvalue weighted by molar-refractivity contribution is -0.126. The molecular weight excluding hydrogens is 313 g/mol. The fraction of sp³-hybridized carbons (Fsp3) is 0.429. The molecule has 1 aromatic rings. The number of amides is 2. The van der Waals surface area contributed by atoms with Crippen molar-refractivity contribution in [2.75, 3.05) is 19.3 Å². The number of piperidine rings is 1. The lowest BCUT2D eigenvalue weighted by Crippen LogP contribution is -2.51. The van der Waals surface area contributed by atoms with Crippen LogP contribution in [0.2, 0.25) is 10.0 Å². The summed E-state index contributed by atoms with van der Waals surface area (Å²) in [5.74, 6) is -0.414. The van der Waals surface area contributed by atoms with Crippen LogP contribution in [0.5, 0.6) is 0 Å². The summed E-state index contributed by atoms with van der Waals surface area (Å²) in [5.41, 5.74) is 6.26. The number of nitrogen functional groups attached to an aromatic ring is 1. The van der Waals surface area contributed by atoms with Crippen LogP contribution in [0.1, 0.15) is 29.6 Å². The van der Waals surface area contributed by atoms with Gasteiger partial charge in [0.1, 0.15) is 6.04 Å². The van der Waals surface area contributed by atoms with E-state index in [0.29, 0.717) is 18.5 Å². The fourth-order valence-electron chi connectivity index (χ4n) is 2.49. The van der Waals surface area contributed by atoms with Gasteiger partial charge in [-0.15, -0.1) is 0 Å². The van der Waals surface area contributed by atoms with Gasteiger partial charge < -0.3 is 16.0 Å². The number of nitrogens with one attached hydrogen (secondary N) is 1. The second-order valence-corrected chi connectivity index (χ2v) is 5.79. The van der Waals surface area contributed by atoms with Gasteiger partial charge in [-0.25, -0.2) is 0 Å². The average molecular weight is 330 g/mol. The van der Waals surface area contributed by atoms with Gasteiger partial charge in [-0.2, -0.15) is 0 Å². The Morgan fingerprint density at radius 3 is 2.48 bits per heavy atom. The number of nitrogens with two attached hydrogens (primary N) is 1. The van der Waals surface area contributed by atoms with Gasteiger partial charge in [-0.05, 0) is 31.4 Å². The maximum atomic E-state index is 12.6. The molecule has 0 spiro atoms. The molecule has 0 saturated carbocycles. The van der Waals surface area contributed by atoms with Gasteiger partial charge in [-0.3, -0.25) is 9.59 Å². The molecule has 5 nitrogen and oxygen atoms in total. The number of benzene rings is 1. The van der Waals surface area contributed by atoms with Crippen LogP contribution in [0.15, 0.2) is 12.1 Å². The van der Waals surface area contributed by atoms with Gasteiger partial charge in [0, 0.05) is 19.2 Å². The minimum absolute atomic E-state index is 0.157. The van der Waals surface area contributed by atoms with Gasteiger partial charge in [-0.1, -0.05) is 23.2 Å². The molecule has 3 N–H and O–H groups in total. The first-order chi connectivity index (χ1) is 9.95. The van der Waals surface area contributed by atoms with Gasteiger partial charge in [0.05, 0.1) is 15.7 Å². The number of rotatable bonds is 2. The van der Waals surface area contributed by atoms with Crippen LogP contribution in [-0.2, 0) is 4.79 Å². The summed E-state index contributed by atoms with van der Waals surface area (Å²) in [7, 11) is 1.57. The highest BCUT2D eigenvalue weighted by Crippen LogP contribution is 2.30. The van der Waals surface area contributed by atoms with Gasteiger partial charge >= 0.3 is 0 Å². The van der Waals surface area contributed by atoms with Crippen molar-refractivity contribution in [3.8, 4) is 0 Å². The smallest absolute Gasteiger partial charge is 0.254 e. The predicted octanol–water partition coefficient (Wildman–Crippen LogP) is 2.32. The molecule has 0 bridgehead atoms. The Morgan fingerprint density at radius 1 is 1.29 bits per heavy atom. The number of likely N-dealkylation sites (tertiary alicyclic amines) is 1. The van der Waals surface area contributed by atoms with Crippen molar-refractivity contribution in [1.82, 2.24) is 10.2 Å². The van der Waals surface area contributed by atoms with E-state index in [4.69, 9.17) is 28.9 Å². The monoisotopic (exact) mass is 329 g/mol. The van der Waals surface area contributed by atoms with E-state index in [9.17, 15) is 9.59 Å². The minimum Gasteiger partial charge on any atom is -0.396 e. The molecule has 1 aliphatic rings. The summed E-state index contributed by atoms with van der Waals surface area (Å²) >= 11 is 11.9. The Labute approximate surface area is 133 Å². The topological polar surface area (TPSA) is 75.4 Å². The van der Waals surface area contributed by atoms with Crippen molar-refractivity contribution in [1.29, 1.82) is 0 Å². The normalized spacial score (nSPS) is 18.4. The number of carbonyl (C=O) groups excluding carboxylic acids is 2. The van der Waals surface area contributed by atoms with E-state index < -0.39 is 6.04 Å². The van der Waals surface area contributed by atoms with Crippen molar-refractivity contribution in [3.05, 3.63) is 27.7 Å². The molecule has 1 fully saturated rings. The molecule has 21 heavy (non-hydrogen) atoms. The van der Waals surface area contributed by atoms with E-state index in [1.165, 1.54) is 12.1 Å². The van der Waals surface area contributed by atoms with Gasteiger partial charge in [0.25, 0.3) is 5.91 Å². The highest BCUT2D eigenvalue weighted by molar-refractivity contribution is 6.39. The number of hydrogen-bond acceptors (Lipinski definition) is 3. The standard InChI is InChI=1S/C14H17Cl2N3O2/c1-18-13(20)11-4-2-3-5-19(11)14(21)8-6-9(15)12(17)10(16)7-8/h6-7,11H,2-5,17H2,1H3,(H,18,20). The molecule has 0 aliphatic carbocycles. The third-order valence-corrected chi connectivity index (χ3v) is 4.26. The number of carbonyl (C=O) groups is 2. The lowest BCUT2D eigenvalue weighted by atomic mass is 10.00. The Balaban J connectivity index is 2.31. The van der Waals surface area contributed by atoms with E-state index in [0.717, 1.165) is 12.8 Å². The van der Waals surface area contributed by atoms with Crippen LogP contribution < -0.4 is 11.1 Å². The fourth-order valence-corrected chi connectivity index (χ4v) is 2.97. The maximum Gasteiger partial charge on any atom is 0.254 e. The van der Waals surface area contributed by atoms with E-state index in [-0.39, 0.29) is 27.5 Å². The van der Waals surface area contributed by atoms with Crippen LogP contribution in [0, 0.1) is 0 Å². The third-order valence-electron chi connectivity index (χ3n) is 3.64. The van der Waals surface area contributed by atoms with Crippen LogP contribution in [0.25, 0.3) is 0 Å². The number of hydrogen-bond donors (Lipinski definition) is 2. The molecule has 2 rings (SSSR count). The second-order valence-electron chi connectivity index (χ2n) is 4.98. The van der Waals surface area contributed by atoms with Crippen LogP contribution in [-0.4, -0.2) is 36.3 Å². The van der Waals surface area contributed by atoms with E-state index in [2.05, 4.69) is 5.32 Å². The number of nitrogens with zero attached hydrogens (tertiary/aromatic N) is 1. The quantitative estimate of drug-likeness (QED) is 0.817. The zero-order valence-corrected chi connectivity index (χ0v) is 13.2. The number of likely N-dealkylation sites (N-methyl/N-ethyl adjacent to an activating group) is 1. The van der Waals surface area contributed by atoms with Crippen LogP contribution >= 0.6 is 23.2 Å². The second kappa shape index (κ2) is 6.54. The summed E-state index contributed by atoms with van der Waals surface area (Å²) in [6.45, 7) is 0.538. The van der Waals surface area contributed by atoms with E-state index in [1.54, 1.807) is 11.9 Å². The zero-order chi connectivity index (χ0) is 15.6. The SMILES string of the molecule is CNC(=O)C1CCCCN1C(=O)c1cc(Cl)c(N)c(Cl)c1. The molecule has 2 amide bonds. The Morgan fingerprint density at radius 2 is 1.90 bits per heavy atom. The molecule has 1 unspecified atom stereocenters. The Kier molecular flexibility index (Phi) is 4.96. The average Bonchev–Trinajstić information content (AvgIpc) is 2.50. The molecule has 1 aliphatic heterocycles. The summed E-state index contributed by atoms with van der Waals surface area (Å²) in [6, 6.07) is 2.52. The van der Waals surface area contributed by atoms with Gasteiger partial charge in [0.2, 0.25) is 5.91 Å². The minimum atomic E-state index is -0.452. The van der Waals surface area contributed by atoms with Crippen molar-refractivity contribution in [2.45, 2.75) is 25.3 Å². The molecule has 1 aromatic carbocycles. The summed E-state index contributed by atoms with van der Waals surface area (Å²) < 4.78 is 0. The van der Waals surface area contributed by atoms with Crippen LogP contribution in [0.3, 0.4) is 0 Å². The zero-order valence-electron chi connectivity index (χ0n) is 11.7. The first-order valence-corrected chi connectivity index (χ1v) is 7.48. The summed E-state index contributed by atoms with van der Waals surface area (Å²) in [6.07, 6.45) is 2.45. The predicted molar refractivity (Wildman–Crippen MR) is 83.6 cm³/mol. The Hall–Kier alpha value is -1.46. The molecule has 0 aromatic heterocycles. The number of halogens is 2. The highest BCUT2D eigenvalue weighted by atomic mass is 35.5. The van der Waals surface area contributed by atoms with Crippen molar-refractivity contribution in [2.24, 2.45) is 0 Å². The largest absolute Gasteiger partial charge is 0.396 e. The molecule has 1 atom stereocenters. The molecule has 114 valence electrons. The van der Waals surface area contributed by atoms with E-state index in [1.807, 2.05) is 0 Å². The van der Waals surface area contributed by atoms with Gasteiger partial charge in [0.15, 0.2) is 0 Å². The Bertz CT molecular complexity index is 554. The van der Waals surface area contributed by atoms with Crippen molar-refractivity contribution < 1.29 is 9.59 Å². The molecule has 1 heterocycles. The van der Waals surface area contributed by atoms with E-state index >= 15 is 0 Å².